The second kappa shape index (κ2) is 5.65. The maximum absolute atomic E-state index is 11.9. The predicted octanol–water partition coefficient (Wildman–Crippen LogP) is 3.80. The highest BCUT2D eigenvalue weighted by Gasteiger charge is 2.12. The number of rotatable bonds is 2. The molecule has 7 heteroatoms. The Labute approximate surface area is 121 Å². The number of anilines is 1. The summed E-state index contributed by atoms with van der Waals surface area (Å²) < 4.78 is 0.794. The van der Waals surface area contributed by atoms with E-state index in [9.17, 15) is 4.79 Å². The second-order valence-corrected chi connectivity index (χ2v) is 4.99. The minimum atomic E-state index is -0.394. The Bertz CT molecular complexity index is 607. The lowest BCUT2D eigenvalue weighted by Gasteiger charge is -2.05. The maximum atomic E-state index is 11.9. The molecular weight excluding hydrogens is 341 g/mol. The molecule has 0 aliphatic rings. The van der Waals surface area contributed by atoms with Crippen LogP contribution in [-0.4, -0.2) is 15.9 Å². The average molecular weight is 347 g/mol. The van der Waals surface area contributed by atoms with E-state index in [1.165, 1.54) is 12.3 Å². The molecule has 2 aromatic rings. The van der Waals surface area contributed by atoms with Crippen molar-refractivity contribution in [1.82, 2.24) is 9.97 Å². The van der Waals surface area contributed by atoms with Crippen LogP contribution in [-0.2, 0) is 0 Å². The number of hydrogen-bond donors (Lipinski definition) is 1. The molecule has 0 aliphatic heterocycles. The summed E-state index contributed by atoms with van der Waals surface area (Å²) in [5.41, 5.74) is 0.337. The Kier molecular flexibility index (Phi) is 4.16. The van der Waals surface area contributed by atoms with Crippen LogP contribution < -0.4 is 5.32 Å². The molecule has 4 nitrogen and oxygen atoms in total. The molecule has 2 rings (SSSR count). The largest absolute Gasteiger partial charge is 0.290 e. The van der Waals surface area contributed by atoms with Gasteiger partial charge in [-0.15, -0.1) is 0 Å². The standard InChI is InChI=1S/C11H6BrCl2N3O/c12-6-1-2-7(8(13)5-6)10(18)17-11-15-4-3-9(14)16-11/h1-5H,(H,15,16,17,18). The Hall–Kier alpha value is -1.17. The summed E-state index contributed by atoms with van der Waals surface area (Å²) in [4.78, 5) is 19.7. The highest BCUT2D eigenvalue weighted by molar-refractivity contribution is 9.10. The van der Waals surface area contributed by atoms with Crippen LogP contribution in [0, 0.1) is 0 Å². The van der Waals surface area contributed by atoms with E-state index >= 15 is 0 Å². The summed E-state index contributed by atoms with van der Waals surface area (Å²) in [7, 11) is 0. The van der Waals surface area contributed by atoms with Crippen molar-refractivity contribution in [2.45, 2.75) is 0 Å². The van der Waals surface area contributed by atoms with Gasteiger partial charge in [0.25, 0.3) is 5.91 Å². The van der Waals surface area contributed by atoms with Gasteiger partial charge in [0.2, 0.25) is 5.95 Å². The molecule has 0 saturated carbocycles. The first-order chi connectivity index (χ1) is 8.56. The summed E-state index contributed by atoms with van der Waals surface area (Å²) in [6, 6.07) is 6.48. The van der Waals surface area contributed by atoms with Gasteiger partial charge in [0, 0.05) is 10.7 Å². The fourth-order valence-electron chi connectivity index (χ4n) is 1.24. The molecule has 0 aliphatic carbocycles. The number of nitrogens with zero attached hydrogens (tertiary/aromatic N) is 2. The number of amides is 1. The predicted molar refractivity (Wildman–Crippen MR) is 74.1 cm³/mol. The molecular formula is C11H6BrCl2N3O. The Balaban J connectivity index is 2.22. The van der Waals surface area contributed by atoms with E-state index in [0.29, 0.717) is 10.6 Å². The third-order valence-corrected chi connectivity index (χ3v) is 3.04. The van der Waals surface area contributed by atoms with E-state index in [2.05, 4.69) is 31.2 Å². The quantitative estimate of drug-likeness (QED) is 0.841. The fourth-order valence-corrected chi connectivity index (χ4v) is 2.14. The van der Waals surface area contributed by atoms with Gasteiger partial charge in [0.05, 0.1) is 10.6 Å². The Morgan fingerprint density at radius 2 is 2.06 bits per heavy atom. The van der Waals surface area contributed by atoms with Crippen molar-refractivity contribution in [2.75, 3.05) is 5.32 Å². The lowest BCUT2D eigenvalue weighted by molar-refractivity contribution is 0.102. The molecule has 1 N–H and O–H groups in total. The zero-order chi connectivity index (χ0) is 13.1. The lowest BCUT2D eigenvalue weighted by Crippen LogP contribution is -2.14. The molecule has 1 aromatic carbocycles. The maximum Gasteiger partial charge on any atom is 0.259 e. The second-order valence-electron chi connectivity index (χ2n) is 3.28. The molecule has 92 valence electrons. The van der Waals surface area contributed by atoms with Crippen molar-refractivity contribution >= 4 is 51.0 Å². The molecule has 0 unspecified atom stereocenters. The van der Waals surface area contributed by atoms with Crippen LogP contribution in [0.25, 0.3) is 0 Å². The van der Waals surface area contributed by atoms with Crippen LogP contribution in [0.4, 0.5) is 5.95 Å². The van der Waals surface area contributed by atoms with Crippen molar-refractivity contribution in [3.05, 3.63) is 50.7 Å². The SMILES string of the molecule is O=C(Nc1nccc(Cl)n1)c1ccc(Br)cc1Cl. The van der Waals surface area contributed by atoms with Gasteiger partial charge < -0.3 is 0 Å². The normalized spacial score (nSPS) is 10.2. The van der Waals surface area contributed by atoms with E-state index in [0.717, 1.165) is 4.47 Å². The summed E-state index contributed by atoms with van der Waals surface area (Å²) in [6.45, 7) is 0. The molecule has 18 heavy (non-hydrogen) atoms. The Morgan fingerprint density at radius 3 is 2.72 bits per heavy atom. The minimum absolute atomic E-state index is 0.131. The smallest absolute Gasteiger partial charge is 0.259 e. The van der Waals surface area contributed by atoms with Crippen molar-refractivity contribution in [1.29, 1.82) is 0 Å². The lowest BCUT2D eigenvalue weighted by atomic mass is 10.2. The first kappa shape index (κ1) is 13.3. The van der Waals surface area contributed by atoms with Gasteiger partial charge in [-0.05, 0) is 24.3 Å². The average Bonchev–Trinajstić information content (AvgIpc) is 2.28. The Morgan fingerprint density at radius 1 is 1.28 bits per heavy atom. The molecule has 0 spiro atoms. The zero-order valence-electron chi connectivity index (χ0n) is 8.82. The van der Waals surface area contributed by atoms with Crippen molar-refractivity contribution in [3.8, 4) is 0 Å². The molecule has 0 bridgehead atoms. The van der Waals surface area contributed by atoms with E-state index < -0.39 is 5.91 Å². The van der Waals surface area contributed by atoms with E-state index in [1.54, 1.807) is 18.2 Å². The molecule has 0 fully saturated rings. The van der Waals surface area contributed by atoms with Crippen molar-refractivity contribution < 1.29 is 4.79 Å². The molecule has 0 saturated heterocycles. The number of carbonyl (C=O) groups is 1. The fraction of sp³-hybridized carbons (Fsp3) is 0. The van der Waals surface area contributed by atoms with Crippen LogP contribution >= 0.6 is 39.1 Å². The molecule has 1 aromatic heterocycles. The highest BCUT2D eigenvalue weighted by atomic mass is 79.9. The van der Waals surface area contributed by atoms with Crippen LogP contribution in [0.1, 0.15) is 10.4 Å². The van der Waals surface area contributed by atoms with Crippen molar-refractivity contribution in [3.63, 3.8) is 0 Å². The molecule has 0 radical (unpaired) electrons. The van der Waals surface area contributed by atoms with Gasteiger partial charge in [-0.25, -0.2) is 9.97 Å². The number of halogens is 3. The summed E-state index contributed by atoms with van der Waals surface area (Å²) in [5.74, 6) is -0.263. The summed E-state index contributed by atoms with van der Waals surface area (Å²) in [6.07, 6.45) is 1.45. The van der Waals surface area contributed by atoms with E-state index in [1.807, 2.05) is 0 Å². The van der Waals surface area contributed by atoms with Gasteiger partial charge in [-0.3, -0.25) is 10.1 Å². The monoisotopic (exact) mass is 345 g/mol. The first-order valence-electron chi connectivity index (χ1n) is 4.81. The van der Waals surface area contributed by atoms with Gasteiger partial charge in [-0.1, -0.05) is 39.1 Å². The van der Waals surface area contributed by atoms with E-state index in [4.69, 9.17) is 23.2 Å². The number of aromatic nitrogens is 2. The minimum Gasteiger partial charge on any atom is -0.290 e. The third kappa shape index (κ3) is 3.19. The summed E-state index contributed by atoms with van der Waals surface area (Å²) >= 11 is 14.9. The van der Waals surface area contributed by atoms with Gasteiger partial charge >= 0.3 is 0 Å². The van der Waals surface area contributed by atoms with Crippen LogP contribution in [0.3, 0.4) is 0 Å². The van der Waals surface area contributed by atoms with Crippen LogP contribution in [0.2, 0.25) is 10.2 Å². The van der Waals surface area contributed by atoms with Gasteiger partial charge in [0.1, 0.15) is 5.15 Å². The molecule has 1 heterocycles. The summed E-state index contributed by atoms with van der Waals surface area (Å²) in [5, 5.41) is 3.10. The topological polar surface area (TPSA) is 54.9 Å². The zero-order valence-corrected chi connectivity index (χ0v) is 11.9. The van der Waals surface area contributed by atoms with E-state index in [-0.39, 0.29) is 11.1 Å². The van der Waals surface area contributed by atoms with Gasteiger partial charge in [0.15, 0.2) is 0 Å². The number of benzene rings is 1. The molecule has 0 atom stereocenters. The van der Waals surface area contributed by atoms with Gasteiger partial charge in [-0.2, -0.15) is 0 Å². The highest BCUT2D eigenvalue weighted by Crippen LogP contribution is 2.22. The first-order valence-corrected chi connectivity index (χ1v) is 6.36. The number of hydrogen-bond acceptors (Lipinski definition) is 3. The number of nitrogens with one attached hydrogen (secondary N) is 1. The van der Waals surface area contributed by atoms with Crippen LogP contribution in [0.5, 0.6) is 0 Å². The molecule has 1 amide bonds. The van der Waals surface area contributed by atoms with Crippen molar-refractivity contribution in [2.24, 2.45) is 0 Å². The number of carbonyl (C=O) groups excluding carboxylic acids is 1. The van der Waals surface area contributed by atoms with Crippen LogP contribution in [0.15, 0.2) is 34.9 Å². The third-order valence-electron chi connectivity index (χ3n) is 2.02.